The number of H-pyrrole nitrogens is 1. The average molecular weight is 348 g/mol. The Hall–Kier alpha value is -2.79. The molecule has 3 heterocycles. The number of hydrogen-bond donors (Lipinski definition) is 2. The van der Waals surface area contributed by atoms with Gasteiger partial charge in [-0.3, -0.25) is 10.1 Å². The molecule has 2 aliphatic heterocycles. The van der Waals surface area contributed by atoms with Crippen molar-refractivity contribution >= 4 is 16.9 Å². The van der Waals surface area contributed by atoms with E-state index in [2.05, 4.69) is 28.5 Å². The SMILES string of the molecule is COC(=O)C1Cc2c([nH]c3ccccc23)C(C2COc3ccccc32)N1. The van der Waals surface area contributed by atoms with Gasteiger partial charge in [-0.25, -0.2) is 0 Å². The lowest BCUT2D eigenvalue weighted by atomic mass is 9.84. The highest BCUT2D eigenvalue weighted by Crippen LogP contribution is 2.44. The summed E-state index contributed by atoms with van der Waals surface area (Å²) in [6.45, 7) is 0.597. The number of methoxy groups -OCH3 is 1. The molecule has 3 atom stereocenters. The van der Waals surface area contributed by atoms with Crippen molar-refractivity contribution in [3.05, 3.63) is 65.4 Å². The molecule has 2 aliphatic rings. The first-order valence-electron chi connectivity index (χ1n) is 8.91. The van der Waals surface area contributed by atoms with Crippen molar-refractivity contribution in [3.8, 4) is 5.75 Å². The zero-order valence-corrected chi connectivity index (χ0v) is 14.5. The molecule has 0 saturated carbocycles. The van der Waals surface area contributed by atoms with Crippen molar-refractivity contribution in [2.75, 3.05) is 13.7 Å². The number of hydrogen-bond acceptors (Lipinski definition) is 4. The maximum absolute atomic E-state index is 12.3. The van der Waals surface area contributed by atoms with Gasteiger partial charge >= 0.3 is 5.97 Å². The topological polar surface area (TPSA) is 63.4 Å². The molecule has 0 bridgehead atoms. The van der Waals surface area contributed by atoms with Crippen LogP contribution in [0.25, 0.3) is 10.9 Å². The Morgan fingerprint density at radius 3 is 2.85 bits per heavy atom. The first-order valence-corrected chi connectivity index (χ1v) is 8.91. The molecule has 0 amide bonds. The van der Waals surface area contributed by atoms with E-state index in [9.17, 15) is 4.79 Å². The predicted octanol–water partition coefficient (Wildman–Crippen LogP) is 3.07. The zero-order chi connectivity index (χ0) is 17.7. The second kappa shape index (κ2) is 5.88. The van der Waals surface area contributed by atoms with E-state index in [0.717, 1.165) is 17.0 Å². The normalized spacial score (nSPS) is 24.0. The van der Waals surface area contributed by atoms with Gasteiger partial charge in [0.1, 0.15) is 11.8 Å². The number of aromatic nitrogens is 1. The van der Waals surface area contributed by atoms with Crippen LogP contribution in [0.4, 0.5) is 0 Å². The summed E-state index contributed by atoms with van der Waals surface area (Å²) in [5.74, 6) is 0.848. The number of carbonyl (C=O) groups excluding carboxylic acids is 1. The number of nitrogens with one attached hydrogen (secondary N) is 2. The molecule has 1 aromatic heterocycles. The lowest BCUT2D eigenvalue weighted by Gasteiger charge is -2.33. The maximum Gasteiger partial charge on any atom is 0.323 e. The summed E-state index contributed by atoms with van der Waals surface area (Å²) >= 11 is 0. The molecule has 132 valence electrons. The Labute approximate surface area is 151 Å². The van der Waals surface area contributed by atoms with Gasteiger partial charge in [0.25, 0.3) is 0 Å². The third-order valence-corrected chi connectivity index (χ3v) is 5.57. The van der Waals surface area contributed by atoms with Crippen LogP contribution in [0.2, 0.25) is 0 Å². The van der Waals surface area contributed by atoms with Gasteiger partial charge in [0.05, 0.1) is 19.8 Å². The van der Waals surface area contributed by atoms with Crippen LogP contribution in [0.15, 0.2) is 48.5 Å². The Bertz CT molecular complexity index is 994. The third-order valence-electron chi connectivity index (χ3n) is 5.57. The lowest BCUT2D eigenvalue weighted by Crippen LogP contribution is -2.47. The number of benzene rings is 2. The van der Waals surface area contributed by atoms with Crippen LogP contribution in [0.1, 0.15) is 28.8 Å². The molecule has 0 fully saturated rings. The van der Waals surface area contributed by atoms with Crippen LogP contribution in [-0.4, -0.2) is 30.7 Å². The number of aromatic amines is 1. The van der Waals surface area contributed by atoms with Gasteiger partial charge in [0.2, 0.25) is 0 Å². The molecule has 5 rings (SSSR count). The number of fused-ring (bicyclic) bond motifs is 4. The van der Waals surface area contributed by atoms with Crippen LogP contribution in [0.5, 0.6) is 5.75 Å². The van der Waals surface area contributed by atoms with E-state index in [1.807, 2.05) is 30.3 Å². The molecule has 0 spiro atoms. The first kappa shape index (κ1) is 15.5. The van der Waals surface area contributed by atoms with E-state index in [0.29, 0.717) is 13.0 Å². The number of carbonyl (C=O) groups is 1. The largest absolute Gasteiger partial charge is 0.493 e. The molecule has 2 aromatic carbocycles. The first-order chi connectivity index (χ1) is 12.8. The van der Waals surface area contributed by atoms with Gasteiger partial charge < -0.3 is 14.5 Å². The van der Waals surface area contributed by atoms with E-state index in [1.165, 1.54) is 23.6 Å². The molecule has 0 aliphatic carbocycles. The van der Waals surface area contributed by atoms with Crippen LogP contribution in [-0.2, 0) is 16.0 Å². The van der Waals surface area contributed by atoms with Gasteiger partial charge in [0, 0.05) is 34.5 Å². The summed E-state index contributed by atoms with van der Waals surface area (Å²) in [7, 11) is 1.44. The van der Waals surface area contributed by atoms with Crippen molar-refractivity contribution in [1.29, 1.82) is 0 Å². The van der Waals surface area contributed by atoms with Crippen LogP contribution in [0.3, 0.4) is 0 Å². The molecule has 3 unspecified atom stereocenters. The number of rotatable bonds is 2. The van der Waals surface area contributed by atoms with Crippen LogP contribution >= 0.6 is 0 Å². The Kier molecular flexibility index (Phi) is 3.50. The summed E-state index contributed by atoms with van der Waals surface area (Å²) in [4.78, 5) is 15.9. The number of esters is 1. The third kappa shape index (κ3) is 2.24. The summed E-state index contributed by atoms with van der Waals surface area (Å²) in [6, 6.07) is 16.0. The van der Waals surface area contributed by atoms with Crippen molar-refractivity contribution < 1.29 is 14.3 Å². The smallest absolute Gasteiger partial charge is 0.323 e. The fourth-order valence-corrected chi connectivity index (χ4v) is 4.34. The molecule has 5 nitrogen and oxygen atoms in total. The van der Waals surface area contributed by atoms with Gasteiger partial charge in [-0.15, -0.1) is 0 Å². The highest BCUT2D eigenvalue weighted by atomic mass is 16.5. The Morgan fingerprint density at radius 1 is 1.15 bits per heavy atom. The minimum Gasteiger partial charge on any atom is -0.493 e. The van der Waals surface area contributed by atoms with E-state index in [-0.39, 0.29) is 24.0 Å². The van der Waals surface area contributed by atoms with E-state index in [1.54, 1.807) is 0 Å². The van der Waals surface area contributed by atoms with Crippen LogP contribution < -0.4 is 10.1 Å². The van der Waals surface area contributed by atoms with Gasteiger partial charge in [0.15, 0.2) is 0 Å². The minimum atomic E-state index is -0.357. The maximum atomic E-state index is 12.3. The lowest BCUT2D eigenvalue weighted by molar-refractivity contribution is -0.143. The molecule has 5 heteroatoms. The molecule has 0 saturated heterocycles. The van der Waals surface area contributed by atoms with Crippen molar-refractivity contribution in [1.82, 2.24) is 10.3 Å². The zero-order valence-electron chi connectivity index (χ0n) is 14.5. The van der Waals surface area contributed by atoms with Gasteiger partial charge in [-0.2, -0.15) is 0 Å². The summed E-state index contributed by atoms with van der Waals surface area (Å²) in [5, 5.41) is 4.69. The van der Waals surface area contributed by atoms with Gasteiger partial charge in [-0.1, -0.05) is 36.4 Å². The van der Waals surface area contributed by atoms with E-state index in [4.69, 9.17) is 9.47 Å². The fourth-order valence-electron chi connectivity index (χ4n) is 4.34. The molecular weight excluding hydrogens is 328 g/mol. The average Bonchev–Trinajstić information content (AvgIpc) is 3.28. The monoisotopic (exact) mass is 348 g/mol. The van der Waals surface area contributed by atoms with Crippen LogP contribution in [0, 0.1) is 0 Å². The van der Waals surface area contributed by atoms with E-state index >= 15 is 0 Å². The molecule has 0 radical (unpaired) electrons. The molecular formula is C21H20N2O3. The van der Waals surface area contributed by atoms with Crippen molar-refractivity contribution in [2.45, 2.75) is 24.4 Å². The standard InChI is InChI=1S/C21H20N2O3/c1-25-21(24)17-10-14-12-6-2-4-8-16(12)22-19(14)20(23-17)15-11-26-18-9-5-3-7-13(15)18/h2-9,15,17,20,22-23H,10-11H2,1H3. The van der Waals surface area contributed by atoms with E-state index < -0.39 is 0 Å². The number of para-hydroxylation sites is 2. The highest BCUT2D eigenvalue weighted by molar-refractivity contribution is 5.87. The summed E-state index contributed by atoms with van der Waals surface area (Å²) in [6.07, 6.45) is 0.623. The summed E-state index contributed by atoms with van der Waals surface area (Å²) < 4.78 is 10.9. The molecule has 3 aromatic rings. The number of ether oxygens (including phenoxy) is 2. The van der Waals surface area contributed by atoms with Gasteiger partial charge in [-0.05, 0) is 17.7 Å². The Morgan fingerprint density at radius 2 is 1.96 bits per heavy atom. The molecule has 26 heavy (non-hydrogen) atoms. The quantitative estimate of drug-likeness (QED) is 0.699. The minimum absolute atomic E-state index is 0.0288. The molecule has 2 N–H and O–H groups in total. The van der Waals surface area contributed by atoms with Crippen molar-refractivity contribution in [3.63, 3.8) is 0 Å². The second-order valence-corrected chi connectivity index (χ2v) is 6.94. The Balaban J connectivity index is 1.64. The summed E-state index contributed by atoms with van der Waals surface area (Å²) in [5.41, 5.74) is 4.63. The van der Waals surface area contributed by atoms with Crippen molar-refractivity contribution in [2.24, 2.45) is 0 Å². The fraction of sp³-hybridized carbons (Fsp3) is 0.286. The second-order valence-electron chi connectivity index (χ2n) is 6.94. The highest BCUT2D eigenvalue weighted by Gasteiger charge is 2.40. The predicted molar refractivity (Wildman–Crippen MR) is 98.4 cm³/mol.